The van der Waals surface area contributed by atoms with Crippen molar-refractivity contribution in [3.63, 3.8) is 0 Å². The van der Waals surface area contributed by atoms with Gasteiger partial charge in [0.1, 0.15) is 12.4 Å². The van der Waals surface area contributed by atoms with Gasteiger partial charge < -0.3 is 19.4 Å². The number of nitrogens with zero attached hydrogens (tertiary/aromatic N) is 7. The van der Waals surface area contributed by atoms with Crippen LogP contribution in [0, 0.1) is 0 Å². The van der Waals surface area contributed by atoms with Crippen molar-refractivity contribution in [1.29, 1.82) is 0 Å². The monoisotopic (exact) mass is 501 g/mol. The maximum Gasteiger partial charge on any atom is 0.255 e. The van der Waals surface area contributed by atoms with Crippen LogP contribution < -0.4 is 15.4 Å². The van der Waals surface area contributed by atoms with Gasteiger partial charge in [0, 0.05) is 50.7 Å². The van der Waals surface area contributed by atoms with E-state index in [-0.39, 0.29) is 11.7 Å². The average Bonchev–Trinajstić information content (AvgIpc) is 3.50. The highest BCUT2D eigenvalue weighted by atomic mass is 16.5. The van der Waals surface area contributed by atoms with Crippen LogP contribution in [-0.4, -0.2) is 76.3 Å². The van der Waals surface area contributed by atoms with E-state index in [1.807, 2.05) is 0 Å². The number of piperidine rings is 1. The zero-order chi connectivity index (χ0) is 25.2. The number of rotatable bonds is 5. The van der Waals surface area contributed by atoms with Crippen molar-refractivity contribution < 1.29 is 4.74 Å². The van der Waals surface area contributed by atoms with Crippen LogP contribution in [-0.2, 0) is 11.8 Å². The van der Waals surface area contributed by atoms with Crippen LogP contribution in [0.4, 0.5) is 11.6 Å². The molecule has 1 aromatic carbocycles. The number of morpholine rings is 1. The van der Waals surface area contributed by atoms with Crippen LogP contribution in [0.25, 0.3) is 11.4 Å². The average molecular weight is 502 g/mol. The zero-order valence-corrected chi connectivity index (χ0v) is 21.5. The molecule has 37 heavy (non-hydrogen) atoms. The topological polar surface area (TPSA) is 79.6 Å². The van der Waals surface area contributed by atoms with Crippen LogP contribution >= 0.6 is 0 Å². The molecule has 6 rings (SSSR count). The molecule has 0 amide bonds. The Balaban J connectivity index is 1.14. The number of anilines is 2. The van der Waals surface area contributed by atoms with Gasteiger partial charge in [0.05, 0.1) is 24.5 Å². The lowest BCUT2D eigenvalue weighted by atomic mass is 10.0. The third-order valence-electron chi connectivity index (χ3n) is 8.06. The number of likely N-dealkylation sites (tertiary alicyclic amines) is 1. The number of hydrogen-bond acceptors (Lipinski definition) is 8. The molecular weight excluding hydrogens is 466 g/mol. The molecule has 0 bridgehead atoms. The van der Waals surface area contributed by atoms with Crippen molar-refractivity contribution in [1.82, 2.24) is 24.4 Å². The first-order chi connectivity index (χ1) is 18.2. The molecular formula is C28H35N7O2. The summed E-state index contributed by atoms with van der Waals surface area (Å²) < 4.78 is 7.76. The lowest BCUT2D eigenvalue weighted by Gasteiger charge is -2.38. The minimum absolute atomic E-state index is 0.0803. The summed E-state index contributed by atoms with van der Waals surface area (Å²) in [6, 6.07) is 12.9. The number of benzene rings is 1. The van der Waals surface area contributed by atoms with E-state index in [2.05, 4.69) is 48.9 Å². The Labute approximate surface area is 217 Å². The van der Waals surface area contributed by atoms with E-state index in [0.29, 0.717) is 37.0 Å². The van der Waals surface area contributed by atoms with Crippen LogP contribution in [0.1, 0.15) is 37.4 Å². The smallest absolute Gasteiger partial charge is 0.255 e. The van der Waals surface area contributed by atoms with E-state index in [1.54, 1.807) is 23.9 Å². The second kappa shape index (κ2) is 10.6. The number of hydrogen-bond donors (Lipinski definition) is 0. The third kappa shape index (κ3) is 5.10. The molecule has 1 atom stereocenters. The lowest BCUT2D eigenvalue weighted by molar-refractivity contribution is 0.0390. The van der Waals surface area contributed by atoms with Gasteiger partial charge in [-0.1, -0.05) is 12.1 Å². The summed E-state index contributed by atoms with van der Waals surface area (Å²) in [7, 11) is 1.76. The van der Waals surface area contributed by atoms with E-state index >= 15 is 0 Å². The molecule has 194 valence electrons. The quantitative estimate of drug-likeness (QED) is 0.528. The van der Waals surface area contributed by atoms with Crippen LogP contribution in [0.3, 0.4) is 0 Å². The molecule has 0 aliphatic carbocycles. The van der Waals surface area contributed by atoms with Crippen molar-refractivity contribution in [2.24, 2.45) is 7.05 Å². The van der Waals surface area contributed by atoms with E-state index in [9.17, 15) is 4.79 Å². The molecule has 3 aliphatic heterocycles. The Morgan fingerprint density at radius 2 is 1.70 bits per heavy atom. The van der Waals surface area contributed by atoms with Gasteiger partial charge >= 0.3 is 0 Å². The first kappa shape index (κ1) is 24.1. The fourth-order valence-corrected chi connectivity index (χ4v) is 5.91. The van der Waals surface area contributed by atoms with Crippen molar-refractivity contribution in [3.8, 4) is 11.4 Å². The predicted molar refractivity (Wildman–Crippen MR) is 144 cm³/mol. The maximum absolute atomic E-state index is 12.7. The summed E-state index contributed by atoms with van der Waals surface area (Å²) in [6.07, 6.45) is 8.28. The molecule has 3 fully saturated rings. The van der Waals surface area contributed by atoms with E-state index < -0.39 is 0 Å². The standard InChI is InChI=1S/C28H35N7O2/c1-32-27(36)18-25(24-8-11-29-20-30-24)31-28(32)35-16-17-37-26(19-35)21-4-6-22(7-5-21)34-14-9-23(10-15-34)33-12-2-3-13-33/h4-8,11,18,20,23,26H,2-3,9-10,12-17,19H2,1H3. The summed E-state index contributed by atoms with van der Waals surface area (Å²) in [5.74, 6) is 0.631. The van der Waals surface area contributed by atoms with Crippen molar-refractivity contribution in [2.75, 3.05) is 55.7 Å². The Bertz CT molecular complexity index is 1250. The molecule has 0 saturated carbocycles. The molecule has 0 N–H and O–H groups in total. The normalized spacial score (nSPS) is 21.5. The molecule has 0 spiro atoms. The van der Waals surface area contributed by atoms with Crippen LogP contribution in [0.2, 0.25) is 0 Å². The largest absolute Gasteiger partial charge is 0.371 e. The van der Waals surface area contributed by atoms with Crippen LogP contribution in [0.5, 0.6) is 0 Å². The van der Waals surface area contributed by atoms with Crippen LogP contribution in [0.15, 0.2) is 53.7 Å². The molecule has 2 aromatic heterocycles. The van der Waals surface area contributed by atoms with Gasteiger partial charge in [-0.15, -0.1) is 0 Å². The first-order valence-corrected chi connectivity index (χ1v) is 13.5. The lowest BCUT2D eigenvalue weighted by Crippen LogP contribution is -2.43. The molecule has 3 aromatic rings. The highest BCUT2D eigenvalue weighted by Gasteiger charge is 2.28. The molecule has 0 radical (unpaired) electrons. The molecule has 9 nitrogen and oxygen atoms in total. The zero-order valence-electron chi connectivity index (χ0n) is 21.5. The summed E-state index contributed by atoms with van der Waals surface area (Å²) >= 11 is 0. The SMILES string of the molecule is Cn1c(N2CCOC(c3ccc(N4CCC(N5CCCC5)CC4)cc3)C2)nc(-c2ccncn2)cc1=O. The van der Waals surface area contributed by atoms with Gasteiger partial charge in [-0.25, -0.2) is 15.0 Å². The Morgan fingerprint density at radius 1 is 0.919 bits per heavy atom. The minimum Gasteiger partial charge on any atom is -0.371 e. The molecule has 5 heterocycles. The maximum atomic E-state index is 12.7. The fourth-order valence-electron chi connectivity index (χ4n) is 5.91. The van der Waals surface area contributed by atoms with E-state index in [0.717, 1.165) is 24.7 Å². The first-order valence-electron chi connectivity index (χ1n) is 13.5. The summed E-state index contributed by atoms with van der Waals surface area (Å²) in [5, 5.41) is 0. The number of ether oxygens (including phenoxy) is 1. The van der Waals surface area contributed by atoms with E-state index in [1.165, 1.54) is 56.9 Å². The van der Waals surface area contributed by atoms with Gasteiger partial charge in [-0.05, 0) is 62.5 Å². The molecule has 9 heteroatoms. The minimum atomic E-state index is -0.112. The van der Waals surface area contributed by atoms with E-state index in [4.69, 9.17) is 9.72 Å². The van der Waals surface area contributed by atoms with Crippen molar-refractivity contribution >= 4 is 11.6 Å². The summed E-state index contributed by atoms with van der Waals surface area (Å²) in [4.78, 5) is 33.1. The van der Waals surface area contributed by atoms with Gasteiger partial charge in [-0.3, -0.25) is 9.36 Å². The van der Waals surface area contributed by atoms with Crippen molar-refractivity contribution in [3.05, 3.63) is 64.8 Å². The van der Waals surface area contributed by atoms with Gasteiger partial charge in [0.15, 0.2) is 0 Å². The summed E-state index contributed by atoms with van der Waals surface area (Å²) in [5.41, 5.74) is 3.52. The highest BCUT2D eigenvalue weighted by molar-refractivity contribution is 5.55. The molecule has 3 aliphatic rings. The third-order valence-corrected chi connectivity index (χ3v) is 8.06. The Morgan fingerprint density at radius 3 is 2.43 bits per heavy atom. The van der Waals surface area contributed by atoms with Gasteiger partial charge in [0.2, 0.25) is 5.95 Å². The molecule has 1 unspecified atom stereocenters. The second-order valence-corrected chi connectivity index (χ2v) is 10.3. The number of aromatic nitrogens is 4. The molecule has 3 saturated heterocycles. The van der Waals surface area contributed by atoms with Gasteiger partial charge in [0.25, 0.3) is 5.56 Å². The van der Waals surface area contributed by atoms with Crippen molar-refractivity contribution in [2.45, 2.75) is 37.8 Å². The second-order valence-electron chi connectivity index (χ2n) is 10.3. The Kier molecular flexibility index (Phi) is 6.89. The predicted octanol–water partition coefficient (Wildman–Crippen LogP) is 2.88. The highest BCUT2D eigenvalue weighted by Crippen LogP contribution is 2.29. The Hall–Kier alpha value is -3.30. The van der Waals surface area contributed by atoms with Gasteiger partial charge in [-0.2, -0.15) is 0 Å². The fraction of sp³-hybridized carbons (Fsp3) is 0.500. The summed E-state index contributed by atoms with van der Waals surface area (Å²) in [6.45, 7) is 6.69.